The molecule has 0 radical (unpaired) electrons. The third-order valence-corrected chi connectivity index (χ3v) is 2.24. The van der Waals surface area contributed by atoms with Crippen molar-refractivity contribution in [3.05, 3.63) is 30.3 Å². The van der Waals surface area contributed by atoms with E-state index >= 15 is 0 Å². The lowest BCUT2D eigenvalue weighted by molar-refractivity contribution is -0.145. The predicted octanol–water partition coefficient (Wildman–Crippen LogP) is 0.730. The maximum atomic E-state index is 11.6. The number of benzene rings is 1. The maximum absolute atomic E-state index is 11.6. The minimum absolute atomic E-state index is 0.0359. The number of para-hydroxylation sites is 1. The molecule has 1 amide bonds. The van der Waals surface area contributed by atoms with Crippen molar-refractivity contribution in [3.8, 4) is 0 Å². The summed E-state index contributed by atoms with van der Waals surface area (Å²) in [4.78, 5) is 23.9. The van der Waals surface area contributed by atoms with E-state index in [2.05, 4.69) is 10.1 Å². The van der Waals surface area contributed by atoms with E-state index in [4.69, 9.17) is 0 Å². The summed E-state index contributed by atoms with van der Waals surface area (Å²) in [7, 11) is 2.86. The SMILES string of the molecule is COC(=O)CN(C)C(=O)CNc1ccccc1. The van der Waals surface area contributed by atoms with Crippen molar-refractivity contribution in [1.29, 1.82) is 0 Å². The topological polar surface area (TPSA) is 58.6 Å². The standard InChI is InChI=1S/C12H16N2O3/c1-14(9-12(16)17-2)11(15)8-13-10-6-4-3-5-7-10/h3-7,13H,8-9H2,1-2H3. The van der Waals surface area contributed by atoms with Gasteiger partial charge in [0.05, 0.1) is 13.7 Å². The number of carbonyl (C=O) groups excluding carboxylic acids is 2. The van der Waals surface area contributed by atoms with Gasteiger partial charge in [-0.25, -0.2) is 0 Å². The summed E-state index contributed by atoms with van der Waals surface area (Å²) >= 11 is 0. The van der Waals surface area contributed by atoms with Crippen LogP contribution in [0, 0.1) is 0 Å². The molecule has 0 aliphatic carbocycles. The second kappa shape index (κ2) is 6.52. The average Bonchev–Trinajstić information content (AvgIpc) is 2.36. The molecule has 1 aromatic rings. The monoisotopic (exact) mass is 236 g/mol. The molecule has 0 saturated carbocycles. The molecule has 1 aromatic carbocycles. The Balaban J connectivity index is 2.37. The van der Waals surface area contributed by atoms with Crippen LogP contribution in [0.2, 0.25) is 0 Å². The van der Waals surface area contributed by atoms with Crippen molar-refractivity contribution in [3.63, 3.8) is 0 Å². The zero-order valence-electron chi connectivity index (χ0n) is 9.97. The lowest BCUT2D eigenvalue weighted by atomic mass is 10.3. The fourth-order valence-electron chi connectivity index (χ4n) is 1.22. The molecule has 0 heterocycles. The highest BCUT2D eigenvalue weighted by molar-refractivity contribution is 5.84. The summed E-state index contributed by atoms with van der Waals surface area (Å²) in [5.41, 5.74) is 0.868. The molecule has 5 heteroatoms. The molecule has 5 nitrogen and oxygen atoms in total. The first-order chi connectivity index (χ1) is 8.13. The molecule has 0 aliphatic heterocycles. The van der Waals surface area contributed by atoms with E-state index in [1.165, 1.54) is 12.0 Å². The van der Waals surface area contributed by atoms with E-state index < -0.39 is 5.97 Å². The van der Waals surface area contributed by atoms with Crippen molar-refractivity contribution in [1.82, 2.24) is 4.90 Å². The number of hydrogen-bond donors (Lipinski definition) is 1. The van der Waals surface area contributed by atoms with Crippen LogP contribution in [0.4, 0.5) is 5.69 Å². The van der Waals surface area contributed by atoms with Gasteiger partial charge in [-0.2, -0.15) is 0 Å². The highest BCUT2D eigenvalue weighted by Crippen LogP contribution is 2.04. The second-order valence-electron chi connectivity index (χ2n) is 3.55. The molecular weight excluding hydrogens is 220 g/mol. The number of nitrogens with one attached hydrogen (secondary N) is 1. The first-order valence-electron chi connectivity index (χ1n) is 5.23. The summed E-state index contributed by atoms with van der Waals surface area (Å²) in [5.74, 6) is -0.597. The maximum Gasteiger partial charge on any atom is 0.325 e. The normalized spacial score (nSPS) is 9.53. The minimum atomic E-state index is -0.430. The third-order valence-electron chi connectivity index (χ3n) is 2.24. The lowest BCUT2D eigenvalue weighted by Gasteiger charge is -2.16. The van der Waals surface area contributed by atoms with Crippen LogP contribution in [-0.4, -0.2) is 44.0 Å². The number of ether oxygens (including phenoxy) is 1. The van der Waals surface area contributed by atoms with E-state index in [0.717, 1.165) is 5.69 Å². The Hall–Kier alpha value is -2.04. The summed E-state index contributed by atoms with van der Waals surface area (Å²) < 4.78 is 4.48. The summed E-state index contributed by atoms with van der Waals surface area (Å²) in [6.07, 6.45) is 0. The molecule has 0 spiro atoms. The zero-order chi connectivity index (χ0) is 12.7. The summed E-state index contributed by atoms with van der Waals surface area (Å²) in [6, 6.07) is 9.40. The Labute approximate surface area is 100 Å². The van der Waals surface area contributed by atoms with Crippen molar-refractivity contribution in [2.24, 2.45) is 0 Å². The number of nitrogens with zero attached hydrogens (tertiary/aromatic N) is 1. The first kappa shape index (κ1) is 13.0. The second-order valence-corrected chi connectivity index (χ2v) is 3.55. The number of carbonyl (C=O) groups is 2. The fourth-order valence-corrected chi connectivity index (χ4v) is 1.22. The molecule has 1 rings (SSSR count). The van der Waals surface area contributed by atoms with Gasteiger partial charge in [-0.05, 0) is 12.1 Å². The van der Waals surface area contributed by atoms with Gasteiger partial charge in [0.1, 0.15) is 6.54 Å². The molecule has 92 valence electrons. The van der Waals surface area contributed by atoms with Gasteiger partial charge in [-0.1, -0.05) is 18.2 Å². The Morgan fingerprint density at radius 2 is 1.94 bits per heavy atom. The smallest absolute Gasteiger partial charge is 0.325 e. The van der Waals surface area contributed by atoms with Crippen LogP contribution in [0.5, 0.6) is 0 Å². The number of anilines is 1. The van der Waals surface area contributed by atoms with Crippen LogP contribution in [-0.2, 0) is 14.3 Å². The van der Waals surface area contributed by atoms with Gasteiger partial charge in [-0.3, -0.25) is 9.59 Å². The molecule has 0 aliphatic rings. The Kier molecular flexibility index (Phi) is 5.00. The van der Waals surface area contributed by atoms with Gasteiger partial charge in [0.25, 0.3) is 0 Å². The summed E-state index contributed by atoms with van der Waals surface area (Å²) in [6.45, 7) is 0.114. The number of rotatable bonds is 5. The van der Waals surface area contributed by atoms with Gasteiger partial charge in [0, 0.05) is 12.7 Å². The molecule has 0 bridgehead atoms. The highest BCUT2D eigenvalue weighted by Gasteiger charge is 2.12. The fraction of sp³-hybridized carbons (Fsp3) is 0.333. The van der Waals surface area contributed by atoms with Crippen LogP contribution >= 0.6 is 0 Å². The van der Waals surface area contributed by atoms with Gasteiger partial charge >= 0.3 is 5.97 Å². The van der Waals surface area contributed by atoms with E-state index in [-0.39, 0.29) is 19.0 Å². The molecule has 0 fully saturated rings. The molecule has 0 atom stereocenters. The summed E-state index contributed by atoms with van der Waals surface area (Å²) in [5, 5.41) is 2.97. The Morgan fingerprint density at radius 1 is 1.29 bits per heavy atom. The lowest BCUT2D eigenvalue weighted by Crippen LogP contribution is -2.36. The van der Waals surface area contributed by atoms with Crippen LogP contribution in [0.3, 0.4) is 0 Å². The third kappa shape index (κ3) is 4.55. The molecule has 1 N–H and O–H groups in total. The average molecular weight is 236 g/mol. The minimum Gasteiger partial charge on any atom is -0.468 e. The predicted molar refractivity (Wildman–Crippen MR) is 64.6 cm³/mol. The van der Waals surface area contributed by atoms with Gasteiger partial charge < -0.3 is 15.0 Å². The van der Waals surface area contributed by atoms with Crippen LogP contribution in [0.15, 0.2) is 30.3 Å². The first-order valence-corrected chi connectivity index (χ1v) is 5.23. The Morgan fingerprint density at radius 3 is 2.53 bits per heavy atom. The largest absolute Gasteiger partial charge is 0.468 e. The van der Waals surface area contributed by atoms with Crippen LogP contribution < -0.4 is 5.32 Å². The molecular formula is C12H16N2O3. The van der Waals surface area contributed by atoms with E-state index in [1.54, 1.807) is 7.05 Å². The molecule has 0 unspecified atom stereocenters. The van der Waals surface area contributed by atoms with Gasteiger partial charge in [0.2, 0.25) is 5.91 Å². The Bertz CT molecular complexity index is 379. The van der Waals surface area contributed by atoms with Crippen LogP contribution in [0.25, 0.3) is 0 Å². The molecule has 0 aromatic heterocycles. The van der Waals surface area contributed by atoms with Gasteiger partial charge in [0.15, 0.2) is 0 Å². The number of methoxy groups -OCH3 is 1. The number of esters is 1. The highest BCUT2D eigenvalue weighted by atomic mass is 16.5. The van der Waals surface area contributed by atoms with Crippen molar-refractivity contribution < 1.29 is 14.3 Å². The quantitative estimate of drug-likeness (QED) is 0.766. The van der Waals surface area contributed by atoms with Crippen molar-refractivity contribution in [2.45, 2.75) is 0 Å². The molecule has 0 saturated heterocycles. The number of likely N-dealkylation sites (N-methyl/N-ethyl adjacent to an activating group) is 1. The van der Waals surface area contributed by atoms with Crippen LogP contribution in [0.1, 0.15) is 0 Å². The van der Waals surface area contributed by atoms with E-state index in [1.807, 2.05) is 30.3 Å². The van der Waals surface area contributed by atoms with Crippen molar-refractivity contribution in [2.75, 3.05) is 32.6 Å². The zero-order valence-corrected chi connectivity index (χ0v) is 9.97. The van der Waals surface area contributed by atoms with Crippen molar-refractivity contribution >= 4 is 17.6 Å². The molecule has 17 heavy (non-hydrogen) atoms. The number of hydrogen-bond acceptors (Lipinski definition) is 4. The van der Waals surface area contributed by atoms with E-state index in [9.17, 15) is 9.59 Å². The van der Waals surface area contributed by atoms with E-state index in [0.29, 0.717) is 0 Å². The number of amides is 1. The van der Waals surface area contributed by atoms with Gasteiger partial charge in [-0.15, -0.1) is 0 Å².